The van der Waals surface area contributed by atoms with Gasteiger partial charge in [0, 0.05) is 0 Å². The highest BCUT2D eigenvalue weighted by Crippen LogP contribution is 2.18. The number of unbranched alkanes of at least 4 members (excludes halogenated alkanes) is 6. The van der Waals surface area contributed by atoms with Crippen LogP contribution in [0.1, 0.15) is 72.1 Å². The standard InChI is InChI=1S/C13H25NO/c1-4-5-6-7-8-9-10-11-13(2,3)14-12-15/h4-11H2,1-3H3. The lowest BCUT2D eigenvalue weighted by Gasteiger charge is -2.16. The van der Waals surface area contributed by atoms with Gasteiger partial charge in [0.1, 0.15) is 0 Å². The van der Waals surface area contributed by atoms with E-state index in [9.17, 15) is 4.79 Å². The third-order valence-corrected chi connectivity index (χ3v) is 2.74. The molecule has 0 aromatic carbocycles. The Bertz CT molecular complexity index is 193. The van der Waals surface area contributed by atoms with Gasteiger partial charge in [-0.3, -0.25) is 0 Å². The quantitative estimate of drug-likeness (QED) is 0.318. The van der Waals surface area contributed by atoms with Crippen molar-refractivity contribution >= 4 is 6.08 Å². The van der Waals surface area contributed by atoms with Gasteiger partial charge < -0.3 is 0 Å². The molecule has 0 aliphatic heterocycles. The maximum absolute atomic E-state index is 10.1. The lowest BCUT2D eigenvalue weighted by molar-refractivity contribution is 0.438. The Balaban J connectivity index is 3.34. The van der Waals surface area contributed by atoms with E-state index in [2.05, 4.69) is 11.9 Å². The Morgan fingerprint density at radius 2 is 1.53 bits per heavy atom. The Labute approximate surface area is 94.2 Å². The highest BCUT2D eigenvalue weighted by atomic mass is 16.1. The Morgan fingerprint density at radius 1 is 1.00 bits per heavy atom. The number of rotatable bonds is 9. The molecule has 0 fully saturated rings. The third kappa shape index (κ3) is 9.68. The number of carbonyl (C=O) groups excluding carboxylic acids is 1. The first-order chi connectivity index (χ1) is 7.12. The van der Waals surface area contributed by atoms with Crippen LogP contribution in [0.25, 0.3) is 0 Å². The summed E-state index contributed by atoms with van der Waals surface area (Å²) in [6.07, 6.45) is 11.8. The van der Waals surface area contributed by atoms with Crippen molar-refractivity contribution in [2.75, 3.05) is 0 Å². The molecule has 0 spiro atoms. The van der Waals surface area contributed by atoms with Gasteiger partial charge in [-0.15, -0.1) is 0 Å². The summed E-state index contributed by atoms with van der Waals surface area (Å²) in [7, 11) is 0. The molecule has 15 heavy (non-hydrogen) atoms. The zero-order valence-corrected chi connectivity index (χ0v) is 10.5. The molecule has 0 aromatic heterocycles. The van der Waals surface area contributed by atoms with Crippen LogP contribution in [0.5, 0.6) is 0 Å². The maximum Gasteiger partial charge on any atom is 0.235 e. The fourth-order valence-corrected chi connectivity index (χ4v) is 1.69. The summed E-state index contributed by atoms with van der Waals surface area (Å²) in [6.45, 7) is 6.23. The molecule has 0 saturated heterocycles. The first kappa shape index (κ1) is 14.4. The van der Waals surface area contributed by atoms with Crippen LogP contribution in [-0.4, -0.2) is 11.6 Å². The molecule has 2 heteroatoms. The van der Waals surface area contributed by atoms with Gasteiger partial charge in [0.05, 0.1) is 5.54 Å². The zero-order chi connectivity index (χ0) is 11.6. The molecule has 0 atom stereocenters. The second kappa shape index (κ2) is 8.67. The molecular weight excluding hydrogens is 186 g/mol. The lowest BCUT2D eigenvalue weighted by Crippen LogP contribution is -2.15. The molecule has 0 unspecified atom stereocenters. The molecule has 0 amide bonds. The average molecular weight is 211 g/mol. The molecule has 88 valence electrons. The molecule has 0 bridgehead atoms. The Morgan fingerprint density at radius 3 is 2.07 bits per heavy atom. The third-order valence-electron chi connectivity index (χ3n) is 2.74. The first-order valence-electron chi connectivity index (χ1n) is 6.21. The Kier molecular flexibility index (Phi) is 8.31. The summed E-state index contributed by atoms with van der Waals surface area (Å²) >= 11 is 0. The molecular formula is C13H25NO. The van der Waals surface area contributed by atoms with E-state index in [1.165, 1.54) is 44.9 Å². The smallest absolute Gasteiger partial charge is 0.211 e. The number of hydrogen-bond donors (Lipinski definition) is 0. The number of aliphatic imine (C=N–C) groups is 1. The van der Waals surface area contributed by atoms with E-state index in [0.717, 1.165) is 6.42 Å². The van der Waals surface area contributed by atoms with Crippen molar-refractivity contribution in [3.63, 3.8) is 0 Å². The van der Waals surface area contributed by atoms with Crippen LogP contribution >= 0.6 is 0 Å². The van der Waals surface area contributed by atoms with Gasteiger partial charge in [-0.1, -0.05) is 51.9 Å². The molecule has 0 rings (SSSR count). The van der Waals surface area contributed by atoms with E-state index in [4.69, 9.17) is 0 Å². The molecule has 0 aliphatic carbocycles. The van der Waals surface area contributed by atoms with Crippen LogP contribution in [0.2, 0.25) is 0 Å². The highest BCUT2D eigenvalue weighted by Gasteiger charge is 2.14. The molecule has 0 N–H and O–H groups in total. The van der Waals surface area contributed by atoms with Crippen molar-refractivity contribution in [2.24, 2.45) is 4.99 Å². The summed E-state index contributed by atoms with van der Waals surface area (Å²) in [6, 6.07) is 0. The highest BCUT2D eigenvalue weighted by molar-refractivity contribution is 5.34. The van der Waals surface area contributed by atoms with Crippen molar-refractivity contribution in [3.8, 4) is 0 Å². The van der Waals surface area contributed by atoms with Crippen LogP contribution in [-0.2, 0) is 4.79 Å². The molecule has 0 aliphatic rings. The first-order valence-corrected chi connectivity index (χ1v) is 6.21. The maximum atomic E-state index is 10.1. The van der Waals surface area contributed by atoms with Crippen molar-refractivity contribution in [2.45, 2.75) is 77.7 Å². The number of nitrogens with zero attached hydrogens (tertiary/aromatic N) is 1. The van der Waals surface area contributed by atoms with Crippen molar-refractivity contribution < 1.29 is 4.79 Å². The van der Waals surface area contributed by atoms with Gasteiger partial charge in [-0.05, 0) is 20.3 Å². The van der Waals surface area contributed by atoms with Crippen LogP contribution < -0.4 is 0 Å². The minimum Gasteiger partial charge on any atom is -0.211 e. The molecule has 0 saturated carbocycles. The molecule has 0 heterocycles. The van der Waals surface area contributed by atoms with Crippen molar-refractivity contribution in [3.05, 3.63) is 0 Å². The fourth-order valence-electron chi connectivity index (χ4n) is 1.69. The molecule has 2 nitrogen and oxygen atoms in total. The van der Waals surface area contributed by atoms with Crippen LogP contribution in [0, 0.1) is 0 Å². The van der Waals surface area contributed by atoms with E-state index in [-0.39, 0.29) is 5.54 Å². The predicted octanol–water partition coefficient (Wildman–Crippen LogP) is 4.24. The minimum absolute atomic E-state index is 0.203. The fraction of sp³-hybridized carbons (Fsp3) is 0.923. The second-order valence-corrected chi connectivity index (χ2v) is 4.89. The second-order valence-electron chi connectivity index (χ2n) is 4.89. The van der Waals surface area contributed by atoms with Gasteiger partial charge in [0.25, 0.3) is 0 Å². The summed E-state index contributed by atoms with van der Waals surface area (Å²) in [4.78, 5) is 13.9. The van der Waals surface area contributed by atoms with Crippen molar-refractivity contribution in [1.29, 1.82) is 0 Å². The topological polar surface area (TPSA) is 29.4 Å². The predicted molar refractivity (Wildman–Crippen MR) is 64.8 cm³/mol. The van der Waals surface area contributed by atoms with E-state index in [1.54, 1.807) is 6.08 Å². The van der Waals surface area contributed by atoms with Crippen LogP contribution in [0.3, 0.4) is 0 Å². The summed E-state index contributed by atoms with van der Waals surface area (Å²) in [5.41, 5.74) is -0.203. The van der Waals surface area contributed by atoms with E-state index >= 15 is 0 Å². The monoisotopic (exact) mass is 211 g/mol. The number of isocyanates is 1. The zero-order valence-electron chi connectivity index (χ0n) is 10.5. The summed E-state index contributed by atoms with van der Waals surface area (Å²) < 4.78 is 0. The number of hydrogen-bond acceptors (Lipinski definition) is 2. The van der Waals surface area contributed by atoms with Crippen LogP contribution in [0.15, 0.2) is 4.99 Å². The summed E-state index contributed by atoms with van der Waals surface area (Å²) in [5.74, 6) is 0. The van der Waals surface area contributed by atoms with Crippen LogP contribution in [0.4, 0.5) is 0 Å². The van der Waals surface area contributed by atoms with Gasteiger partial charge in [-0.25, -0.2) is 4.79 Å². The SMILES string of the molecule is CCCCCCCCCC(C)(C)N=C=O. The average Bonchev–Trinajstić information content (AvgIpc) is 2.16. The minimum atomic E-state index is -0.203. The lowest BCUT2D eigenvalue weighted by atomic mass is 9.97. The van der Waals surface area contributed by atoms with Gasteiger partial charge in [-0.2, -0.15) is 4.99 Å². The largest absolute Gasteiger partial charge is 0.235 e. The van der Waals surface area contributed by atoms with E-state index in [1.807, 2.05) is 13.8 Å². The molecule has 0 radical (unpaired) electrons. The van der Waals surface area contributed by atoms with Crippen molar-refractivity contribution in [1.82, 2.24) is 0 Å². The van der Waals surface area contributed by atoms with E-state index < -0.39 is 0 Å². The van der Waals surface area contributed by atoms with Gasteiger partial charge in [0.2, 0.25) is 6.08 Å². The normalized spacial score (nSPS) is 11.1. The van der Waals surface area contributed by atoms with E-state index in [0.29, 0.717) is 0 Å². The summed E-state index contributed by atoms with van der Waals surface area (Å²) in [5, 5.41) is 0. The van der Waals surface area contributed by atoms with Gasteiger partial charge >= 0.3 is 0 Å². The molecule has 0 aromatic rings. The Hall–Kier alpha value is -0.620. The van der Waals surface area contributed by atoms with Gasteiger partial charge in [0.15, 0.2) is 0 Å².